The maximum absolute atomic E-state index is 13.0. The summed E-state index contributed by atoms with van der Waals surface area (Å²) in [7, 11) is 0. The monoisotopic (exact) mass is 393 g/mol. The third kappa shape index (κ3) is 3.77. The van der Waals surface area contributed by atoms with E-state index in [4.69, 9.17) is 16.6 Å². The molecule has 1 aliphatic rings. The second-order valence-corrected chi connectivity index (χ2v) is 7.05. The molecule has 0 radical (unpaired) electrons. The molecule has 2 N–H and O–H groups in total. The summed E-state index contributed by atoms with van der Waals surface area (Å²) in [5.41, 5.74) is 3.40. The number of carbonyl (C=O) groups excluding carboxylic acids is 1. The van der Waals surface area contributed by atoms with Crippen LogP contribution >= 0.6 is 11.6 Å². The van der Waals surface area contributed by atoms with Gasteiger partial charge in [0.1, 0.15) is 5.82 Å². The van der Waals surface area contributed by atoms with E-state index in [-0.39, 0.29) is 6.03 Å². The van der Waals surface area contributed by atoms with E-state index in [0.717, 1.165) is 35.5 Å². The van der Waals surface area contributed by atoms with Crippen LogP contribution in [-0.4, -0.2) is 29.1 Å². The van der Waals surface area contributed by atoms with Crippen molar-refractivity contribution in [3.05, 3.63) is 65.3 Å². The fraction of sp³-hybridized carbons (Fsp3) is 0.190. The van der Waals surface area contributed by atoms with Crippen LogP contribution in [0.3, 0.4) is 0 Å². The summed E-state index contributed by atoms with van der Waals surface area (Å²) < 4.78 is 0. The predicted molar refractivity (Wildman–Crippen MR) is 113 cm³/mol. The highest BCUT2D eigenvalue weighted by Gasteiger charge is 2.24. The Labute approximate surface area is 168 Å². The number of halogens is 1. The van der Waals surface area contributed by atoms with Crippen molar-refractivity contribution in [2.75, 3.05) is 28.6 Å². The molecule has 28 heavy (non-hydrogen) atoms. The zero-order chi connectivity index (χ0) is 19.5. The number of benzene rings is 1. The number of carbonyl (C=O) groups is 1. The number of aromatic nitrogens is 2. The molecule has 0 unspecified atom stereocenters. The lowest BCUT2D eigenvalue weighted by atomic mass is 10.1. The molecule has 142 valence electrons. The van der Waals surface area contributed by atoms with Crippen molar-refractivity contribution in [3.8, 4) is 11.3 Å². The first-order chi connectivity index (χ1) is 13.6. The number of aryl methyl sites for hydroxylation is 1. The van der Waals surface area contributed by atoms with Crippen molar-refractivity contribution in [1.82, 2.24) is 9.97 Å². The molecule has 0 fully saturated rings. The highest BCUT2D eigenvalue weighted by atomic mass is 35.5. The third-order valence-corrected chi connectivity index (χ3v) is 4.84. The first-order valence-electron chi connectivity index (χ1n) is 9.13. The number of rotatable bonds is 2. The van der Waals surface area contributed by atoms with Crippen LogP contribution in [0.15, 0.2) is 54.7 Å². The van der Waals surface area contributed by atoms with Crippen LogP contribution < -0.4 is 15.5 Å². The molecule has 2 aromatic heterocycles. The lowest BCUT2D eigenvalue weighted by molar-refractivity contribution is 0.256. The molecule has 0 aliphatic carbocycles. The van der Waals surface area contributed by atoms with E-state index in [9.17, 15) is 4.79 Å². The van der Waals surface area contributed by atoms with Gasteiger partial charge in [-0.1, -0.05) is 29.8 Å². The minimum atomic E-state index is -0.248. The molecule has 0 spiro atoms. The van der Waals surface area contributed by atoms with E-state index in [2.05, 4.69) is 15.6 Å². The zero-order valence-corrected chi connectivity index (χ0v) is 16.2. The van der Waals surface area contributed by atoms with Crippen molar-refractivity contribution >= 4 is 35.0 Å². The normalized spacial score (nSPS) is 13.3. The Kier molecular flexibility index (Phi) is 5.12. The SMILES string of the molecule is Cc1cccnc1NC(=O)N1CCCNc2ccc(-c3cccc(Cl)c3)nc21. The van der Waals surface area contributed by atoms with Gasteiger partial charge in [-0.05, 0) is 49.2 Å². The smallest absolute Gasteiger partial charge is 0.328 e. The Morgan fingerprint density at radius 3 is 2.93 bits per heavy atom. The Balaban J connectivity index is 1.69. The molecular formula is C21H20ClN5O. The van der Waals surface area contributed by atoms with Gasteiger partial charge in [-0.2, -0.15) is 0 Å². The van der Waals surface area contributed by atoms with Crippen LogP contribution in [0.1, 0.15) is 12.0 Å². The summed E-state index contributed by atoms with van der Waals surface area (Å²) in [6.45, 7) is 3.25. The lowest BCUT2D eigenvalue weighted by Crippen LogP contribution is -2.36. The Morgan fingerprint density at radius 1 is 1.21 bits per heavy atom. The summed E-state index contributed by atoms with van der Waals surface area (Å²) in [5, 5.41) is 6.90. The average molecular weight is 394 g/mol. The second kappa shape index (κ2) is 7.86. The van der Waals surface area contributed by atoms with Gasteiger partial charge in [0, 0.05) is 29.9 Å². The minimum absolute atomic E-state index is 0.248. The summed E-state index contributed by atoms with van der Waals surface area (Å²) in [6, 6.07) is 14.9. The first kappa shape index (κ1) is 18.3. The minimum Gasteiger partial charge on any atom is -0.382 e. The van der Waals surface area contributed by atoms with E-state index in [1.165, 1.54) is 0 Å². The van der Waals surface area contributed by atoms with E-state index < -0.39 is 0 Å². The quantitative estimate of drug-likeness (QED) is 0.645. The first-order valence-corrected chi connectivity index (χ1v) is 9.50. The number of hydrogen-bond acceptors (Lipinski definition) is 4. The van der Waals surface area contributed by atoms with Crippen LogP contribution in [0, 0.1) is 6.92 Å². The van der Waals surface area contributed by atoms with Gasteiger partial charge in [0.15, 0.2) is 5.82 Å². The molecule has 1 aromatic carbocycles. The highest BCUT2D eigenvalue weighted by Crippen LogP contribution is 2.31. The van der Waals surface area contributed by atoms with E-state index in [1.54, 1.807) is 11.1 Å². The van der Waals surface area contributed by atoms with Crippen LogP contribution in [0.2, 0.25) is 5.02 Å². The van der Waals surface area contributed by atoms with E-state index in [1.807, 2.05) is 55.5 Å². The van der Waals surface area contributed by atoms with Gasteiger partial charge in [0.05, 0.1) is 11.4 Å². The summed E-state index contributed by atoms with van der Waals surface area (Å²) in [4.78, 5) is 23.7. The van der Waals surface area contributed by atoms with Gasteiger partial charge in [-0.15, -0.1) is 0 Å². The summed E-state index contributed by atoms with van der Waals surface area (Å²) in [6.07, 6.45) is 2.48. The van der Waals surface area contributed by atoms with Gasteiger partial charge in [0.25, 0.3) is 0 Å². The molecule has 0 bridgehead atoms. The number of nitrogens with zero attached hydrogens (tertiary/aromatic N) is 3. The largest absolute Gasteiger partial charge is 0.382 e. The van der Waals surface area contributed by atoms with Gasteiger partial charge in [0.2, 0.25) is 0 Å². The molecule has 6 nitrogen and oxygen atoms in total. The number of anilines is 3. The average Bonchev–Trinajstić information content (AvgIpc) is 2.91. The number of urea groups is 1. The Morgan fingerprint density at radius 2 is 2.11 bits per heavy atom. The standard InChI is InChI=1S/C21H20ClN5O/c1-14-5-3-10-24-19(14)26-21(28)27-12-4-11-23-18-9-8-17(25-20(18)27)15-6-2-7-16(22)13-15/h2-3,5-10,13,23H,4,11-12H2,1H3,(H,24,26,28). The number of nitrogens with one attached hydrogen (secondary N) is 2. The van der Waals surface area contributed by atoms with Crippen LogP contribution in [0.25, 0.3) is 11.3 Å². The fourth-order valence-corrected chi connectivity index (χ4v) is 3.34. The predicted octanol–water partition coefficient (Wildman–Crippen LogP) is 4.96. The fourth-order valence-electron chi connectivity index (χ4n) is 3.15. The number of fused-ring (bicyclic) bond motifs is 1. The molecule has 0 atom stereocenters. The molecule has 7 heteroatoms. The van der Waals surface area contributed by atoms with E-state index in [0.29, 0.717) is 23.2 Å². The van der Waals surface area contributed by atoms with Gasteiger partial charge < -0.3 is 5.32 Å². The molecule has 3 aromatic rings. The Bertz CT molecular complexity index is 1020. The summed E-state index contributed by atoms with van der Waals surface area (Å²) in [5.74, 6) is 1.15. The number of hydrogen-bond donors (Lipinski definition) is 2. The maximum Gasteiger partial charge on any atom is 0.328 e. The van der Waals surface area contributed by atoms with Gasteiger partial charge in [-0.3, -0.25) is 10.2 Å². The lowest BCUT2D eigenvalue weighted by Gasteiger charge is -2.22. The van der Waals surface area contributed by atoms with Crippen molar-refractivity contribution in [1.29, 1.82) is 0 Å². The number of pyridine rings is 2. The van der Waals surface area contributed by atoms with Gasteiger partial charge >= 0.3 is 6.03 Å². The van der Waals surface area contributed by atoms with Crippen LogP contribution in [0.4, 0.5) is 22.1 Å². The zero-order valence-electron chi connectivity index (χ0n) is 15.4. The molecule has 0 saturated heterocycles. The second-order valence-electron chi connectivity index (χ2n) is 6.61. The van der Waals surface area contributed by atoms with Crippen LogP contribution in [0.5, 0.6) is 0 Å². The third-order valence-electron chi connectivity index (χ3n) is 4.61. The maximum atomic E-state index is 13.0. The molecule has 1 aliphatic heterocycles. The molecule has 0 saturated carbocycles. The molecule has 2 amide bonds. The molecule has 3 heterocycles. The molecular weight excluding hydrogens is 374 g/mol. The van der Waals surface area contributed by atoms with Crippen molar-refractivity contribution in [2.45, 2.75) is 13.3 Å². The summed E-state index contributed by atoms with van der Waals surface area (Å²) >= 11 is 6.13. The van der Waals surface area contributed by atoms with E-state index >= 15 is 0 Å². The van der Waals surface area contributed by atoms with Crippen molar-refractivity contribution in [3.63, 3.8) is 0 Å². The van der Waals surface area contributed by atoms with Crippen LogP contribution in [-0.2, 0) is 0 Å². The highest BCUT2D eigenvalue weighted by molar-refractivity contribution is 6.30. The van der Waals surface area contributed by atoms with Gasteiger partial charge in [-0.25, -0.2) is 14.8 Å². The topological polar surface area (TPSA) is 70.2 Å². The number of amides is 2. The molecule has 4 rings (SSSR count). The van der Waals surface area contributed by atoms with Crippen molar-refractivity contribution < 1.29 is 4.79 Å². The van der Waals surface area contributed by atoms with Crippen molar-refractivity contribution in [2.24, 2.45) is 0 Å². The Hall–Kier alpha value is -3.12.